The van der Waals surface area contributed by atoms with Gasteiger partial charge in [-0.2, -0.15) is 13.2 Å². The molecule has 0 atom stereocenters. The van der Waals surface area contributed by atoms with Gasteiger partial charge in [-0.1, -0.05) is 0 Å². The van der Waals surface area contributed by atoms with Crippen molar-refractivity contribution in [1.82, 2.24) is 15.3 Å². The topological polar surface area (TPSA) is 50.3 Å². The highest BCUT2D eigenvalue weighted by Gasteiger charge is 2.34. The summed E-state index contributed by atoms with van der Waals surface area (Å²) in [5.74, 6) is 0.208. The lowest BCUT2D eigenvalue weighted by Crippen LogP contribution is -2.28. The number of halogens is 5. The second-order valence-corrected chi connectivity index (χ2v) is 3.84. The van der Waals surface area contributed by atoms with Gasteiger partial charge in [-0.15, -0.1) is 34.0 Å². The third-order valence-corrected chi connectivity index (χ3v) is 2.39. The summed E-state index contributed by atoms with van der Waals surface area (Å²) < 4.78 is 37.9. The predicted octanol–water partition coefficient (Wildman–Crippen LogP) is 2.30. The zero-order valence-electron chi connectivity index (χ0n) is 10.6. The first-order chi connectivity index (χ1) is 8.47. The molecular formula is C10H15Br2F3N4O. The van der Waals surface area contributed by atoms with Crippen molar-refractivity contribution in [2.45, 2.75) is 13.1 Å². The summed E-state index contributed by atoms with van der Waals surface area (Å²) in [7, 11) is 0. The minimum atomic E-state index is -4.48. The van der Waals surface area contributed by atoms with E-state index in [0.29, 0.717) is 26.2 Å². The second kappa shape index (κ2) is 8.11. The number of nitrogens with zero attached hydrogens (tertiary/aromatic N) is 3. The van der Waals surface area contributed by atoms with E-state index in [9.17, 15) is 13.2 Å². The Morgan fingerprint density at radius 2 is 1.95 bits per heavy atom. The van der Waals surface area contributed by atoms with E-state index in [-0.39, 0.29) is 45.6 Å². The Morgan fingerprint density at radius 3 is 2.60 bits per heavy atom. The van der Waals surface area contributed by atoms with Crippen LogP contribution in [0.2, 0.25) is 0 Å². The van der Waals surface area contributed by atoms with E-state index >= 15 is 0 Å². The Bertz CT molecular complexity index is 425. The number of aryl methyl sites for hydroxylation is 1. The van der Waals surface area contributed by atoms with Gasteiger partial charge in [0, 0.05) is 19.2 Å². The van der Waals surface area contributed by atoms with E-state index in [1.54, 1.807) is 0 Å². The van der Waals surface area contributed by atoms with E-state index in [1.807, 2.05) is 0 Å². The van der Waals surface area contributed by atoms with Crippen molar-refractivity contribution in [3.05, 3.63) is 17.6 Å². The standard InChI is InChI=1S/C10H13F3N4O.2BrH/c1-7-15-8(10(11,12)13)6-9(16-7)17-4-2-14-3-5-18-17;;/h6,14H,2-5H2,1H3;2*1H. The van der Waals surface area contributed by atoms with Crippen molar-refractivity contribution < 1.29 is 18.0 Å². The number of hydrogen-bond acceptors (Lipinski definition) is 5. The lowest BCUT2D eigenvalue weighted by molar-refractivity contribution is -0.141. The zero-order chi connectivity index (χ0) is 13.2. The molecule has 0 bridgehead atoms. The van der Waals surface area contributed by atoms with Gasteiger partial charge in [-0.05, 0) is 6.92 Å². The Morgan fingerprint density at radius 1 is 1.25 bits per heavy atom. The molecule has 0 spiro atoms. The van der Waals surface area contributed by atoms with Gasteiger partial charge in [0.15, 0.2) is 5.82 Å². The lowest BCUT2D eigenvalue weighted by Gasteiger charge is -2.21. The van der Waals surface area contributed by atoms with Crippen molar-refractivity contribution >= 4 is 39.8 Å². The largest absolute Gasteiger partial charge is 0.433 e. The van der Waals surface area contributed by atoms with Crippen LogP contribution >= 0.6 is 34.0 Å². The molecule has 20 heavy (non-hydrogen) atoms. The summed E-state index contributed by atoms with van der Waals surface area (Å²) in [6, 6.07) is 0.901. The highest BCUT2D eigenvalue weighted by atomic mass is 79.9. The SMILES string of the molecule is Br.Br.Cc1nc(N2CCNCCO2)cc(C(F)(F)F)n1. The molecule has 1 aromatic rings. The Balaban J connectivity index is 0.00000180. The highest BCUT2D eigenvalue weighted by molar-refractivity contribution is 8.93. The summed E-state index contributed by atoms with van der Waals surface area (Å²) in [5, 5.41) is 4.44. The van der Waals surface area contributed by atoms with Crippen LogP contribution in [0.3, 0.4) is 0 Å². The molecule has 0 unspecified atom stereocenters. The maximum atomic E-state index is 12.6. The minimum absolute atomic E-state index is 0. The van der Waals surface area contributed by atoms with Crippen LogP contribution in [0, 0.1) is 6.92 Å². The molecule has 0 amide bonds. The fourth-order valence-electron chi connectivity index (χ4n) is 1.60. The Labute approximate surface area is 135 Å². The van der Waals surface area contributed by atoms with E-state index in [4.69, 9.17) is 4.84 Å². The predicted molar refractivity (Wildman–Crippen MR) is 78.6 cm³/mol. The number of rotatable bonds is 1. The summed E-state index contributed by atoms with van der Waals surface area (Å²) in [5.41, 5.74) is -0.953. The molecule has 2 heterocycles. The molecule has 1 aliphatic rings. The first kappa shape index (κ1) is 19.6. The molecule has 10 heteroatoms. The number of aromatic nitrogens is 2. The van der Waals surface area contributed by atoms with Crippen LogP contribution < -0.4 is 10.4 Å². The molecule has 0 saturated carbocycles. The number of nitrogens with one attached hydrogen (secondary N) is 1. The summed E-state index contributed by atoms with van der Waals surface area (Å²) in [6.45, 7) is 3.55. The minimum Gasteiger partial charge on any atom is -0.312 e. The van der Waals surface area contributed by atoms with Crippen LogP contribution in [0.4, 0.5) is 19.0 Å². The maximum absolute atomic E-state index is 12.6. The molecule has 0 aromatic carbocycles. The Hall–Kier alpha value is -0.450. The second-order valence-electron chi connectivity index (χ2n) is 3.84. The van der Waals surface area contributed by atoms with Crippen LogP contribution in [0.1, 0.15) is 11.5 Å². The third-order valence-electron chi connectivity index (χ3n) is 2.39. The van der Waals surface area contributed by atoms with Crippen molar-refractivity contribution in [2.75, 3.05) is 31.3 Å². The molecule has 0 radical (unpaired) electrons. The maximum Gasteiger partial charge on any atom is 0.433 e. The lowest BCUT2D eigenvalue weighted by atomic mass is 10.3. The van der Waals surface area contributed by atoms with Crippen molar-refractivity contribution in [2.24, 2.45) is 0 Å². The van der Waals surface area contributed by atoms with Gasteiger partial charge in [0.2, 0.25) is 0 Å². The molecule has 1 saturated heterocycles. The van der Waals surface area contributed by atoms with Gasteiger partial charge in [-0.3, -0.25) is 4.84 Å². The summed E-state index contributed by atoms with van der Waals surface area (Å²) >= 11 is 0. The smallest absolute Gasteiger partial charge is 0.312 e. The zero-order valence-corrected chi connectivity index (χ0v) is 14.0. The average molecular weight is 424 g/mol. The molecule has 1 fully saturated rings. The van der Waals surface area contributed by atoms with Gasteiger partial charge in [0.05, 0.1) is 13.2 Å². The van der Waals surface area contributed by atoms with Crippen molar-refractivity contribution in [3.63, 3.8) is 0 Å². The first-order valence-electron chi connectivity index (χ1n) is 5.51. The number of alkyl halides is 3. The van der Waals surface area contributed by atoms with E-state index < -0.39 is 11.9 Å². The van der Waals surface area contributed by atoms with Crippen LogP contribution in [-0.2, 0) is 11.0 Å². The summed E-state index contributed by atoms with van der Waals surface area (Å²) in [6.07, 6.45) is -4.48. The number of anilines is 1. The van der Waals surface area contributed by atoms with Crippen LogP contribution in [-0.4, -0.2) is 36.2 Å². The van der Waals surface area contributed by atoms with Crippen molar-refractivity contribution in [3.8, 4) is 0 Å². The average Bonchev–Trinajstić information content (AvgIpc) is 2.55. The molecule has 2 rings (SSSR count). The van der Waals surface area contributed by atoms with Crippen molar-refractivity contribution in [1.29, 1.82) is 0 Å². The third kappa shape index (κ3) is 5.15. The quantitative estimate of drug-likeness (QED) is 0.751. The fourth-order valence-corrected chi connectivity index (χ4v) is 1.60. The Kier molecular flexibility index (Phi) is 7.92. The summed E-state index contributed by atoms with van der Waals surface area (Å²) in [4.78, 5) is 12.7. The van der Waals surface area contributed by atoms with Crippen LogP contribution in [0.5, 0.6) is 0 Å². The fraction of sp³-hybridized carbons (Fsp3) is 0.600. The van der Waals surface area contributed by atoms with Gasteiger partial charge in [0.1, 0.15) is 11.5 Å². The molecule has 1 N–H and O–H groups in total. The van der Waals surface area contributed by atoms with Gasteiger partial charge in [0.25, 0.3) is 0 Å². The van der Waals surface area contributed by atoms with Gasteiger partial charge in [-0.25, -0.2) is 15.0 Å². The normalized spacial score (nSPS) is 15.9. The molecule has 116 valence electrons. The number of hydroxylamine groups is 1. The van der Waals surface area contributed by atoms with E-state index in [0.717, 1.165) is 6.07 Å². The molecule has 1 aliphatic heterocycles. The van der Waals surface area contributed by atoms with Gasteiger partial charge >= 0.3 is 6.18 Å². The number of hydrogen-bond donors (Lipinski definition) is 1. The highest BCUT2D eigenvalue weighted by Crippen LogP contribution is 2.29. The first-order valence-corrected chi connectivity index (χ1v) is 5.51. The van der Waals surface area contributed by atoms with Crippen LogP contribution in [0.25, 0.3) is 0 Å². The van der Waals surface area contributed by atoms with Crippen LogP contribution in [0.15, 0.2) is 6.07 Å². The van der Waals surface area contributed by atoms with E-state index in [2.05, 4.69) is 15.3 Å². The monoisotopic (exact) mass is 422 g/mol. The molecule has 5 nitrogen and oxygen atoms in total. The molecular weight excluding hydrogens is 409 g/mol. The molecule has 0 aliphatic carbocycles. The van der Waals surface area contributed by atoms with Gasteiger partial charge < -0.3 is 5.32 Å². The van der Waals surface area contributed by atoms with E-state index in [1.165, 1.54) is 12.0 Å². The molecule has 1 aromatic heterocycles.